The van der Waals surface area contributed by atoms with E-state index in [0.717, 1.165) is 5.56 Å². The molecule has 0 aliphatic carbocycles. The van der Waals surface area contributed by atoms with E-state index >= 15 is 0 Å². The Morgan fingerprint density at radius 2 is 1.70 bits per heavy atom. The SMILES string of the molecule is OC[C@@H](O)[C@@H](O)[C@H](O)c1ccnc(-c2ccccc2)n1. The fraction of sp³-hybridized carbons (Fsp3) is 0.286. The Bertz CT molecular complexity index is 550. The van der Waals surface area contributed by atoms with Crippen molar-refractivity contribution in [3.8, 4) is 11.4 Å². The number of rotatable bonds is 5. The van der Waals surface area contributed by atoms with Gasteiger partial charge in [-0.15, -0.1) is 0 Å². The molecule has 3 atom stereocenters. The van der Waals surface area contributed by atoms with Crippen LogP contribution in [0.3, 0.4) is 0 Å². The van der Waals surface area contributed by atoms with Gasteiger partial charge in [0.05, 0.1) is 12.3 Å². The van der Waals surface area contributed by atoms with Crippen LogP contribution in [0.2, 0.25) is 0 Å². The largest absolute Gasteiger partial charge is 0.394 e. The van der Waals surface area contributed by atoms with Gasteiger partial charge in [0.25, 0.3) is 0 Å². The molecule has 0 saturated heterocycles. The molecule has 4 N–H and O–H groups in total. The summed E-state index contributed by atoms with van der Waals surface area (Å²) in [6, 6.07) is 10.6. The smallest absolute Gasteiger partial charge is 0.159 e. The first-order valence-corrected chi connectivity index (χ1v) is 6.17. The molecule has 0 radical (unpaired) electrons. The van der Waals surface area contributed by atoms with E-state index in [2.05, 4.69) is 9.97 Å². The highest BCUT2D eigenvalue weighted by molar-refractivity contribution is 5.54. The van der Waals surface area contributed by atoms with Crippen LogP contribution in [-0.2, 0) is 0 Å². The molecule has 0 saturated carbocycles. The van der Waals surface area contributed by atoms with Crippen LogP contribution in [0, 0.1) is 0 Å². The lowest BCUT2D eigenvalue weighted by Gasteiger charge is -2.21. The van der Waals surface area contributed by atoms with Crippen LogP contribution >= 0.6 is 0 Å². The third kappa shape index (κ3) is 3.17. The van der Waals surface area contributed by atoms with Gasteiger partial charge in [0, 0.05) is 11.8 Å². The Morgan fingerprint density at radius 3 is 2.35 bits per heavy atom. The van der Waals surface area contributed by atoms with Gasteiger partial charge in [0.15, 0.2) is 5.82 Å². The lowest BCUT2D eigenvalue weighted by Crippen LogP contribution is -2.35. The number of nitrogens with zero attached hydrogens (tertiary/aromatic N) is 2. The molecule has 2 aromatic rings. The Kier molecular flexibility index (Phi) is 4.75. The van der Waals surface area contributed by atoms with Crippen molar-refractivity contribution in [3.05, 3.63) is 48.3 Å². The molecule has 0 spiro atoms. The zero-order chi connectivity index (χ0) is 14.5. The summed E-state index contributed by atoms with van der Waals surface area (Å²) in [5, 5.41) is 37.8. The lowest BCUT2D eigenvalue weighted by molar-refractivity contribution is -0.0789. The average Bonchev–Trinajstić information content (AvgIpc) is 2.53. The average molecular weight is 276 g/mol. The van der Waals surface area contributed by atoms with Crippen molar-refractivity contribution in [2.24, 2.45) is 0 Å². The van der Waals surface area contributed by atoms with Gasteiger partial charge >= 0.3 is 0 Å². The fourth-order valence-electron chi connectivity index (χ4n) is 1.76. The maximum absolute atomic E-state index is 9.95. The standard InChI is InChI=1S/C14H16N2O4/c17-8-11(18)13(20)12(19)10-6-7-15-14(16-10)9-4-2-1-3-5-9/h1-7,11-13,17-20H,8H2/t11-,12-,13-/m1/s1. The first kappa shape index (κ1) is 14.5. The summed E-state index contributed by atoms with van der Waals surface area (Å²) in [7, 11) is 0. The van der Waals surface area contributed by atoms with Crippen molar-refractivity contribution >= 4 is 0 Å². The van der Waals surface area contributed by atoms with Crippen molar-refractivity contribution in [2.75, 3.05) is 6.61 Å². The first-order valence-electron chi connectivity index (χ1n) is 6.17. The van der Waals surface area contributed by atoms with Crippen molar-refractivity contribution in [1.82, 2.24) is 9.97 Å². The quantitative estimate of drug-likeness (QED) is 0.607. The van der Waals surface area contributed by atoms with Crippen molar-refractivity contribution < 1.29 is 20.4 Å². The Balaban J connectivity index is 2.26. The van der Waals surface area contributed by atoms with Gasteiger partial charge < -0.3 is 20.4 Å². The first-order chi connectivity index (χ1) is 9.63. The van der Waals surface area contributed by atoms with Crippen LogP contribution < -0.4 is 0 Å². The summed E-state index contributed by atoms with van der Waals surface area (Å²) in [6.07, 6.45) is -2.88. The molecule has 0 aliphatic heterocycles. The van der Waals surface area contributed by atoms with Crippen molar-refractivity contribution in [1.29, 1.82) is 0 Å². The fourth-order valence-corrected chi connectivity index (χ4v) is 1.76. The van der Waals surface area contributed by atoms with Gasteiger partial charge in [-0.3, -0.25) is 0 Å². The molecular formula is C14H16N2O4. The minimum absolute atomic E-state index is 0.179. The van der Waals surface area contributed by atoms with Crippen LogP contribution in [0.1, 0.15) is 11.8 Å². The normalized spacial score (nSPS) is 15.6. The third-order valence-electron chi connectivity index (χ3n) is 2.92. The second-order valence-corrected chi connectivity index (χ2v) is 4.36. The predicted octanol–water partition coefficient (Wildman–Crippen LogP) is -0.109. The minimum Gasteiger partial charge on any atom is -0.394 e. The third-order valence-corrected chi connectivity index (χ3v) is 2.92. The molecule has 0 fully saturated rings. The summed E-state index contributed by atoms with van der Waals surface area (Å²) in [6.45, 7) is -0.644. The second kappa shape index (κ2) is 6.53. The van der Waals surface area contributed by atoms with Gasteiger partial charge in [0.1, 0.15) is 18.3 Å². The van der Waals surface area contributed by atoms with Crippen molar-refractivity contribution in [2.45, 2.75) is 18.3 Å². The van der Waals surface area contributed by atoms with Gasteiger partial charge in [-0.2, -0.15) is 0 Å². The summed E-state index contributed by atoms with van der Waals surface area (Å²) >= 11 is 0. The summed E-state index contributed by atoms with van der Waals surface area (Å²) < 4.78 is 0. The number of benzene rings is 1. The predicted molar refractivity (Wildman–Crippen MR) is 71.5 cm³/mol. The van der Waals surface area contributed by atoms with Crippen LogP contribution in [0.25, 0.3) is 11.4 Å². The van der Waals surface area contributed by atoms with Crippen LogP contribution in [-0.4, -0.2) is 49.2 Å². The molecule has 20 heavy (non-hydrogen) atoms. The second-order valence-electron chi connectivity index (χ2n) is 4.36. The molecule has 6 nitrogen and oxygen atoms in total. The molecule has 0 unspecified atom stereocenters. The maximum Gasteiger partial charge on any atom is 0.159 e. The van der Waals surface area contributed by atoms with Crippen molar-refractivity contribution in [3.63, 3.8) is 0 Å². The monoisotopic (exact) mass is 276 g/mol. The molecule has 1 aromatic heterocycles. The van der Waals surface area contributed by atoms with Crippen LogP contribution in [0.4, 0.5) is 0 Å². The van der Waals surface area contributed by atoms with E-state index in [1.54, 1.807) is 0 Å². The maximum atomic E-state index is 9.95. The number of aromatic nitrogens is 2. The highest BCUT2D eigenvalue weighted by atomic mass is 16.4. The zero-order valence-electron chi connectivity index (χ0n) is 10.7. The summed E-state index contributed by atoms with van der Waals surface area (Å²) in [5.41, 5.74) is 0.956. The minimum atomic E-state index is -1.52. The number of aliphatic hydroxyl groups excluding tert-OH is 4. The Morgan fingerprint density at radius 1 is 1.00 bits per heavy atom. The highest BCUT2D eigenvalue weighted by Gasteiger charge is 2.26. The molecule has 0 aliphatic rings. The van der Waals surface area contributed by atoms with Gasteiger partial charge in [0.2, 0.25) is 0 Å². The Labute approximate surface area is 116 Å². The molecule has 6 heteroatoms. The van der Waals surface area contributed by atoms with E-state index in [0.29, 0.717) is 5.82 Å². The number of hydrogen-bond donors (Lipinski definition) is 4. The van der Waals surface area contributed by atoms with E-state index in [1.165, 1.54) is 12.3 Å². The van der Waals surface area contributed by atoms with E-state index in [-0.39, 0.29) is 5.69 Å². The number of aliphatic hydroxyl groups is 4. The van der Waals surface area contributed by atoms with Gasteiger partial charge in [-0.1, -0.05) is 30.3 Å². The van der Waals surface area contributed by atoms with Crippen LogP contribution in [0.5, 0.6) is 0 Å². The lowest BCUT2D eigenvalue weighted by atomic mass is 10.1. The van der Waals surface area contributed by atoms with E-state index in [9.17, 15) is 15.3 Å². The molecule has 1 heterocycles. The molecular weight excluding hydrogens is 260 g/mol. The zero-order valence-corrected chi connectivity index (χ0v) is 10.7. The topological polar surface area (TPSA) is 107 Å². The molecule has 106 valence electrons. The van der Waals surface area contributed by atoms with E-state index in [1.807, 2.05) is 30.3 Å². The Hall–Kier alpha value is -1.86. The van der Waals surface area contributed by atoms with Gasteiger partial charge in [-0.25, -0.2) is 9.97 Å². The summed E-state index contributed by atoms with van der Waals surface area (Å²) in [5.74, 6) is 0.410. The molecule has 0 bridgehead atoms. The van der Waals surface area contributed by atoms with E-state index < -0.39 is 24.9 Å². The van der Waals surface area contributed by atoms with Gasteiger partial charge in [-0.05, 0) is 6.07 Å². The van der Waals surface area contributed by atoms with E-state index in [4.69, 9.17) is 5.11 Å². The summed E-state index contributed by atoms with van der Waals surface area (Å²) in [4.78, 5) is 8.27. The molecule has 0 amide bonds. The molecule has 1 aromatic carbocycles. The van der Waals surface area contributed by atoms with Crippen LogP contribution in [0.15, 0.2) is 42.6 Å². The molecule has 2 rings (SSSR count). The number of hydrogen-bond acceptors (Lipinski definition) is 6. The highest BCUT2D eigenvalue weighted by Crippen LogP contribution is 2.20.